The van der Waals surface area contributed by atoms with Crippen LogP contribution in [-0.4, -0.2) is 16.9 Å². The van der Waals surface area contributed by atoms with E-state index < -0.39 is 5.91 Å². The summed E-state index contributed by atoms with van der Waals surface area (Å²) in [6.07, 6.45) is 3.48. The van der Waals surface area contributed by atoms with Crippen LogP contribution in [0.25, 0.3) is 0 Å². The number of allylic oxidation sites excluding steroid dienone is 1. The number of hydrogen-bond donors (Lipinski definition) is 0. The molecular formula is C6H7NO2. The van der Waals surface area contributed by atoms with Crippen molar-refractivity contribution >= 4 is 12.1 Å². The molecule has 0 radical (unpaired) electrons. The first-order valence-corrected chi connectivity index (χ1v) is 2.75. The Morgan fingerprint density at radius 3 is 2.78 bits per heavy atom. The fourth-order valence-corrected chi connectivity index (χ4v) is 0.734. The van der Waals surface area contributed by atoms with Gasteiger partial charge in [0.15, 0.2) is 6.21 Å². The van der Waals surface area contributed by atoms with E-state index in [4.69, 9.17) is 0 Å². The minimum atomic E-state index is -0.419. The van der Waals surface area contributed by atoms with E-state index in [2.05, 4.69) is 0 Å². The van der Waals surface area contributed by atoms with Gasteiger partial charge in [-0.15, -0.1) is 4.74 Å². The Labute approximate surface area is 52.9 Å². The lowest BCUT2D eigenvalue weighted by Gasteiger charge is -1.90. The molecule has 0 aromatic heterocycles. The molecule has 0 unspecified atom stereocenters. The van der Waals surface area contributed by atoms with Crippen molar-refractivity contribution in [2.45, 2.75) is 13.3 Å². The van der Waals surface area contributed by atoms with Gasteiger partial charge in [-0.2, -0.15) is 0 Å². The van der Waals surface area contributed by atoms with Gasteiger partial charge in [-0.1, -0.05) is 6.08 Å². The van der Waals surface area contributed by atoms with Crippen molar-refractivity contribution < 1.29 is 9.53 Å². The average Bonchev–Trinajstić information content (AvgIpc) is 2.15. The van der Waals surface area contributed by atoms with E-state index in [1.807, 2.05) is 0 Å². The SMILES string of the molecule is CC=C1CC=[N+]([O-])C1=O. The van der Waals surface area contributed by atoms with Crippen LogP contribution in [0.5, 0.6) is 0 Å². The number of nitrogens with zero attached hydrogens (tertiary/aromatic N) is 1. The molecule has 1 amide bonds. The van der Waals surface area contributed by atoms with E-state index in [1.54, 1.807) is 13.0 Å². The summed E-state index contributed by atoms with van der Waals surface area (Å²) >= 11 is 0. The number of hydrogen-bond acceptors (Lipinski definition) is 2. The van der Waals surface area contributed by atoms with Gasteiger partial charge in [0, 0.05) is 0 Å². The van der Waals surface area contributed by atoms with Crippen molar-refractivity contribution in [1.82, 2.24) is 0 Å². The van der Waals surface area contributed by atoms with Gasteiger partial charge in [-0.3, -0.25) is 0 Å². The zero-order chi connectivity index (χ0) is 6.85. The molecule has 3 nitrogen and oxygen atoms in total. The Morgan fingerprint density at radius 2 is 2.56 bits per heavy atom. The Kier molecular flexibility index (Phi) is 1.34. The molecule has 0 saturated carbocycles. The quantitative estimate of drug-likeness (QED) is 0.268. The second-order valence-corrected chi connectivity index (χ2v) is 1.83. The van der Waals surface area contributed by atoms with Crippen LogP contribution in [0.2, 0.25) is 0 Å². The first-order chi connectivity index (χ1) is 4.25. The van der Waals surface area contributed by atoms with E-state index >= 15 is 0 Å². The molecule has 0 bridgehead atoms. The van der Waals surface area contributed by atoms with Gasteiger partial charge in [0.1, 0.15) is 0 Å². The van der Waals surface area contributed by atoms with E-state index in [9.17, 15) is 10.0 Å². The smallest absolute Gasteiger partial charge is 0.426 e. The lowest BCUT2D eigenvalue weighted by molar-refractivity contribution is -0.368. The van der Waals surface area contributed by atoms with Crippen LogP contribution < -0.4 is 0 Å². The molecule has 9 heavy (non-hydrogen) atoms. The van der Waals surface area contributed by atoms with Crippen LogP contribution in [0, 0.1) is 5.21 Å². The first kappa shape index (κ1) is 6.01. The number of hydroxylamine groups is 1. The normalized spacial score (nSPS) is 23.0. The van der Waals surface area contributed by atoms with Gasteiger partial charge in [-0.05, 0) is 6.92 Å². The molecule has 1 aliphatic heterocycles. The number of amides is 1. The topological polar surface area (TPSA) is 43.1 Å². The van der Waals surface area contributed by atoms with E-state index in [1.165, 1.54) is 6.21 Å². The molecule has 0 atom stereocenters. The summed E-state index contributed by atoms with van der Waals surface area (Å²) in [4.78, 5) is 10.7. The highest BCUT2D eigenvalue weighted by Gasteiger charge is 2.23. The Balaban J connectivity index is 2.86. The lowest BCUT2D eigenvalue weighted by Crippen LogP contribution is -2.08. The fraction of sp³-hybridized carbons (Fsp3) is 0.333. The van der Waals surface area contributed by atoms with E-state index in [0.717, 1.165) is 0 Å². The molecule has 1 rings (SSSR count). The second-order valence-electron chi connectivity index (χ2n) is 1.83. The summed E-state index contributed by atoms with van der Waals surface area (Å²) in [7, 11) is 0. The van der Waals surface area contributed by atoms with Gasteiger partial charge in [0.2, 0.25) is 0 Å². The Hall–Kier alpha value is -1.12. The maximum Gasteiger partial charge on any atom is 0.426 e. The van der Waals surface area contributed by atoms with Gasteiger partial charge in [0.05, 0.1) is 12.0 Å². The minimum Gasteiger partial charge on any atom is -0.616 e. The Morgan fingerprint density at radius 1 is 1.89 bits per heavy atom. The van der Waals surface area contributed by atoms with E-state index in [0.29, 0.717) is 16.7 Å². The second kappa shape index (κ2) is 2.01. The molecule has 0 aromatic carbocycles. The minimum absolute atomic E-state index is 0.370. The van der Waals surface area contributed by atoms with Crippen LogP contribution in [0.3, 0.4) is 0 Å². The molecule has 0 N–H and O–H groups in total. The summed E-state index contributed by atoms with van der Waals surface area (Å²) in [6.45, 7) is 1.75. The largest absolute Gasteiger partial charge is 0.616 e. The number of rotatable bonds is 0. The summed E-state index contributed by atoms with van der Waals surface area (Å²) in [5, 5.41) is 10.4. The molecule has 48 valence electrons. The molecule has 0 spiro atoms. The summed E-state index contributed by atoms with van der Waals surface area (Å²) < 4.78 is 0.370. The van der Waals surface area contributed by atoms with Crippen LogP contribution in [0.15, 0.2) is 11.6 Å². The predicted molar refractivity (Wildman–Crippen MR) is 33.1 cm³/mol. The molecule has 0 fully saturated rings. The van der Waals surface area contributed by atoms with Gasteiger partial charge in [0.25, 0.3) is 0 Å². The Bertz CT molecular complexity index is 203. The van der Waals surface area contributed by atoms with Crippen LogP contribution in [0.1, 0.15) is 13.3 Å². The molecule has 0 aromatic rings. The monoisotopic (exact) mass is 125 g/mol. The highest BCUT2D eigenvalue weighted by atomic mass is 16.5. The van der Waals surface area contributed by atoms with Crippen molar-refractivity contribution in [3.63, 3.8) is 0 Å². The third kappa shape index (κ3) is 0.850. The molecule has 1 aliphatic rings. The van der Waals surface area contributed by atoms with Crippen molar-refractivity contribution in [2.75, 3.05) is 0 Å². The van der Waals surface area contributed by atoms with Crippen LogP contribution >= 0.6 is 0 Å². The zero-order valence-electron chi connectivity index (χ0n) is 5.13. The van der Waals surface area contributed by atoms with Crippen molar-refractivity contribution in [2.24, 2.45) is 0 Å². The molecule has 0 saturated heterocycles. The molecule has 0 aliphatic carbocycles. The average molecular weight is 125 g/mol. The lowest BCUT2D eigenvalue weighted by atomic mass is 10.2. The molecule has 1 heterocycles. The van der Waals surface area contributed by atoms with Crippen molar-refractivity contribution in [3.8, 4) is 0 Å². The van der Waals surface area contributed by atoms with Crippen LogP contribution in [-0.2, 0) is 4.79 Å². The van der Waals surface area contributed by atoms with E-state index in [-0.39, 0.29) is 0 Å². The number of carbonyl (C=O) groups excluding carboxylic acids is 1. The predicted octanol–water partition coefficient (Wildman–Crippen LogP) is 0.444. The summed E-state index contributed by atoms with van der Waals surface area (Å²) in [6, 6.07) is 0. The molecule has 3 heteroatoms. The third-order valence-corrected chi connectivity index (χ3v) is 1.30. The fourth-order valence-electron chi connectivity index (χ4n) is 0.734. The number of carbonyl (C=O) groups is 1. The standard InChI is InChI=1S/C6H7NO2/c1-2-5-3-4-7(9)6(5)8/h2,4H,3H2,1H3. The van der Waals surface area contributed by atoms with Crippen molar-refractivity contribution in [3.05, 3.63) is 16.9 Å². The summed E-state index contributed by atoms with van der Waals surface area (Å²) in [5.74, 6) is -0.419. The maximum atomic E-state index is 10.7. The summed E-state index contributed by atoms with van der Waals surface area (Å²) in [5.41, 5.74) is 0.588. The van der Waals surface area contributed by atoms with Gasteiger partial charge < -0.3 is 5.21 Å². The van der Waals surface area contributed by atoms with Crippen LogP contribution in [0.4, 0.5) is 0 Å². The third-order valence-electron chi connectivity index (χ3n) is 1.30. The zero-order valence-corrected chi connectivity index (χ0v) is 5.13. The maximum absolute atomic E-state index is 10.7. The van der Waals surface area contributed by atoms with Crippen molar-refractivity contribution in [1.29, 1.82) is 0 Å². The first-order valence-electron chi connectivity index (χ1n) is 2.75. The van der Waals surface area contributed by atoms with Gasteiger partial charge >= 0.3 is 5.91 Å². The molecular weight excluding hydrogens is 118 g/mol. The highest BCUT2D eigenvalue weighted by Crippen LogP contribution is 2.06. The highest BCUT2D eigenvalue weighted by molar-refractivity contribution is 5.96. The van der Waals surface area contributed by atoms with Gasteiger partial charge in [-0.25, -0.2) is 4.79 Å².